The molecule has 3 aliphatic rings. The van der Waals surface area contributed by atoms with E-state index < -0.39 is 0 Å². The monoisotopic (exact) mass is 465 g/mol. The van der Waals surface area contributed by atoms with E-state index in [0.717, 1.165) is 47.2 Å². The maximum atomic E-state index is 13.2. The molecule has 3 N–H and O–H groups in total. The number of fused-ring (bicyclic) bond motifs is 2. The number of piperazine rings is 1. The standard InChI is InChI=1S/C24H31N7OS/c1-15-13-30(24-22(25-14-33-24)23-26-18-8-4-5-9-19(18)27-23)10-11-31(15)21(32)12-20-16-6-2-3-7-17(16)28-29-20/h4-5,8-9,14-17,20,28-29H,2-3,6-7,10-13H2,1H3,(H,26,27)/t15-,16?,17?,20?/m1/s1. The zero-order valence-electron chi connectivity index (χ0n) is 19.0. The minimum Gasteiger partial charge on any atom is -0.358 e. The molecule has 0 spiro atoms. The third kappa shape index (κ3) is 3.92. The number of hydrazine groups is 1. The van der Waals surface area contributed by atoms with Gasteiger partial charge in [0.05, 0.1) is 16.5 Å². The van der Waals surface area contributed by atoms with Crippen molar-refractivity contribution in [2.45, 2.75) is 57.2 Å². The van der Waals surface area contributed by atoms with Crippen LogP contribution in [0.25, 0.3) is 22.6 Å². The third-order valence-corrected chi connectivity index (χ3v) is 8.47. The van der Waals surface area contributed by atoms with Gasteiger partial charge in [-0.15, -0.1) is 11.3 Å². The number of H-pyrrole nitrogens is 1. The Morgan fingerprint density at radius 2 is 2.06 bits per heavy atom. The summed E-state index contributed by atoms with van der Waals surface area (Å²) >= 11 is 1.64. The SMILES string of the molecule is C[C@@H]1CN(c2scnc2-c2nc3ccccc3[nH]2)CCN1C(=O)CC1NNC2CCCCC21. The van der Waals surface area contributed by atoms with Crippen LogP contribution in [0.4, 0.5) is 5.00 Å². The van der Waals surface area contributed by atoms with Gasteiger partial charge < -0.3 is 14.8 Å². The summed E-state index contributed by atoms with van der Waals surface area (Å²) in [6.45, 7) is 4.53. The molecule has 174 valence electrons. The lowest BCUT2D eigenvalue weighted by Crippen LogP contribution is -2.55. The van der Waals surface area contributed by atoms with Gasteiger partial charge >= 0.3 is 0 Å². The number of imidazole rings is 1. The smallest absolute Gasteiger partial charge is 0.224 e. The van der Waals surface area contributed by atoms with E-state index in [1.165, 1.54) is 25.7 Å². The predicted molar refractivity (Wildman–Crippen MR) is 131 cm³/mol. The predicted octanol–water partition coefficient (Wildman–Crippen LogP) is 3.15. The summed E-state index contributed by atoms with van der Waals surface area (Å²) < 4.78 is 0. The van der Waals surface area contributed by atoms with Crippen molar-refractivity contribution >= 4 is 33.3 Å². The molecule has 2 saturated heterocycles. The van der Waals surface area contributed by atoms with Crippen LogP contribution in [0.3, 0.4) is 0 Å². The van der Waals surface area contributed by atoms with Gasteiger partial charge in [0.25, 0.3) is 0 Å². The van der Waals surface area contributed by atoms with Gasteiger partial charge in [-0.25, -0.2) is 9.97 Å². The van der Waals surface area contributed by atoms with E-state index in [2.05, 4.69) is 37.5 Å². The zero-order valence-corrected chi connectivity index (χ0v) is 19.8. The molecule has 4 heterocycles. The van der Waals surface area contributed by atoms with Crippen LogP contribution in [0.15, 0.2) is 29.8 Å². The molecule has 2 aromatic heterocycles. The highest BCUT2D eigenvalue weighted by molar-refractivity contribution is 7.14. The van der Waals surface area contributed by atoms with Gasteiger partial charge in [0, 0.05) is 44.2 Å². The summed E-state index contributed by atoms with van der Waals surface area (Å²) in [4.78, 5) is 30.5. The summed E-state index contributed by atoms with van der Waals surface area (Å²) in [5, 5.41) is 1.12. The number of rotatable bonds is 4. The second-order valence-electron chi connectivity index (χ2n) is 9.64. The van der Waals surface area contributed by atoms with Gasteiger partial charge in [-0.3, -0.25) is 15.6 Å². The number of benzene rings is 1. The van der Waals surface area contributed by atoms with Crippen LogP contribution >= 0.6 is 11.3 Å². The summed E-state index contributed by atoms with van der Waals surface area (Å²) in [6.07, 6.45) is 5.61. The van der Waals surface area contributed by atoms with E-state index in [9.17, 15) is 4.79 Å². The van der Waals surface area contributed by atoms with E-state index >= 15 is 0 Å². The molecule has 1 saturated carbocycles. The molecule has 9 heteroatoms. The Kier molecular flexibility index (Phi) is 5.55. The van der Waals surface area contributed by atoms with E-state index in [1.807, 2.05) is 29.8 Å². The topological polar surface area (TPSA) is 89.2 Å². The van der Waals surface area contributed by atoms with Crippen molar-refractivity contribution in [2.75, 3.05) is 24.5 Å². The van der Waals surface area contributed by atoms with E-state index in [4.69, 9.17) is 4.98 Å². The van der Waals surface area contributed by atoms with Crippen LogP contribution in [0.5, 0.6) is 0 Å². The number of nitrogens with one attached hydrogen (secondary N) is 3. The number of aromatic nitrogens is 3. The number of anilines is 1. The molecule has 1 aromatic carbocycles. The van der Waals surface area contributed by atoms with E-state index in [0.29, 0.717) is 18.4 Å². The van der Waals surface area contributed by atoms with Gasteiger partial charge in [0.2, 0.25) is 5.91 Å². The molecule has 1 amide bonds. The molecule has 33 heavy (non-hydrogen) atoms. The fourth-order valence-corrected chi connectivity index (χ4v) is 6.69. The van der Waals surface area contributed by atoms with Crippen molar-refractivity contribution in [2.24, 2.45) is 5.92 Å². The molecule has 4 atom stereocenters. The highest BCUT2D eigenvalue weighted by Crippen LogP contribution is 2.35. The van der Waals surface area contributed by atoms with Gasteiger partial charge in [-0.1, -0.05) is 25.0 Å². The van der Waals surface area contributed by atoms with E-state index in [-0.39, 0.29) is 18.0 Å². The number of carbonyl (C=O) groups is 1. The Labute approximate surface area is 197 Å². The normalized spacial score (nSPS) is 27.8. The first kappa shape index (κ1) is 21.1. The van der Waals surface area contributed by atoms with Crippen molar-refractivity contribution in [3.63, 3.8) is 0 Å². The molecular weight excluding hydrogens is 434 g/mol. The Morgan fingerprint density at radius 1 is 1.18 bits per heavy atom. The minimum atomic E-state index is 0.161. The van der Waals surface area contributed by atoms with Crippen LogP contribution in [0.1, 0.15) is 39.0 Å². The van der Waals surface area contributed by atoms with Crippen LogP contribution < -0.4 is 15.8 Å². The third-order valence-electron chi connectivity index (χ3n) is 7.58. The second-order valence-corrected chi connectivity index (χ2v) is 10.5. The van der Waals surface area contributed by atoms with Gasteiger partial charge in [-0.05, 0) is 37.8 Å². The average Bonchev–Trinajstić information content (AvgIpc) is 3.57. The fraction of sp³-hybridized carbons (Fsp3) is 0.542. The molecule has 6 rings (SSSR count). The molecule has 0 radical (unpaired) electrons. The number of hydrogen-bond acceptors (Lipinski definition) is 7. The summed E-state index contributed by atoms with van der Waals surface area (Å²) in [6, 6.07) is 9.01. The molecule has 2 aliphatic heterocycles. The summed E-state index contributed by atoms with van der Waals surface area (Å²) in [5.74, 6) is 1.66. The van der Waals surface area contributed by atoms with Crippen LogP contribution in [-0.4, -0.2) is 63.5 Å². The molecule has 8 nitrogen and oxygen atoms in total. The van der Waals surface area contributed by atoms with Crippen LogP contribution in [0, 0.1) is 5.92 Å². The minimum absolute atomic E-state index is 0.161. The first-order valence-corrected chi connectivity index (χ1v) is 13.0. The van der Waals surface area contributed by atoms with Crippen molar-refractivity contribution in [1.82, 2.24) is 30.7 Å². The van der Waals surface area contributed by atoms with Gasteiger partial charge in [0.1, 0.15) is 10.7 Å². The molecule has 0 bridgehead atoms. The zero-order chi connectivity index (χ0) is 22.4. The summed E-state index contributed by atoms with van der Waals surface area (Å²) in [7, 11) is 0. The quantitative estimate of drug-likeness (QED) is 0.549. The molecule has 1 aliphatic carbocycles. The maximum absolute atomic E-state index is 13.2. The Balaban J connectivity index is 1.13. The molecule has 3 aromatic rings. The number of amides is 1. The largest absolute Gasteiger partial charge is 0.358 e. The highest BCUT2D eigenvalue weighted by atomic mass is 32.1. The maximum Gasteiger partial charge on any atom is 0.224 e. The number of para-hydroxylation sites is 2. The lowest BCUT2D eigenvalue weighted by atomic mass is 9.80. The lowest BCUT2D eigenvalue weighted by Gasteiger charge is -2.41. The first-order chi connectivity index (χ1) is 16.2. The van der Waals surface area contributed by atoms with Crippen molar-refractivity contribution in [3.05, 3.63) is 29.8 Å². The fourth-order valence-electron chi connectivity index (χ4n) is 5.85. The molecule has 3 unspecified atom stereocenters. The van der Waals surface area contributed by atoms with Crippen LogP contribution in [-0.2, 0) is 4.79 Å². The number of carbonyl (C=O) groups excluding carboxylic acids is 1. The van der Waals surface area contributed by atoms with Crippen LogP contribution in [0.2, 0.25) is 0 Å². The number of thiazole rings is 1. The van der Waals surface area contributed by atoms with Crippen molar-refractivity contribution in [3.8, 4) is 11.5 Å². The summed E-state index contributed by atoms with van der Waals surface area (Å²) in [5.41, 5.74) is 11.6. The highest BCUT2D eigenvalue weighted by Gasteiger charge is 2.39. The number of aromatic amines is 1. The van der Waals surface area contributed by atoms with E-state index in [1.54, 1.807) is 11.3 Å². The lowest BCUT2D eigenvalue weighted by molar-refractivity contribution is -0.134. The Morgan fingerprint density at radius 3 is 2.94 bits per heavy atom. The van der Waals surface area contributed by atoms with Crippen molar-refractivity contribution in [1.29, 1.82) is 0 Å². The second kappa shape index (κ2) is 8.70. The van der Waals surface area contributed by atoms with Gasteiger partial charge in [-0.2, -0.15) is 0 Å². The molecular formula is C24H31N7OS. The Bertz CT molecular complexity index is 1110. The Hall–Kier alpha value is -2.49. The first-order valence-electron chi connectivity index (χ1n) is 12.1. The average molecular weight is 466 g/mol. The van der Waals surface area contributed by atoms with Crippen molar-refractivity contribution < 1.29 is 4.79 Å². The number of hydrogen-bond donors (Lipinski definition) is 3. The number of nitrogens with zero attached hydrogens (tertiary/aromatic N) is 4. The molecule has 3 fully saturated rings. The van der Waals surface area contributed by atoms with Gasteiger partial charge in [0.15, 0.2) is 5.82 Å².